The molecule has 0 heterocycles. The van der Waals surface area contributed by atoms with Gasteiger partial charge < -0.3 is 20.6 Å². The quantitative estimate of drug-likeness (QED) is 0.670. The molecule has 0 aliphatic heterocycles. The van der Waals surface area contributed by atoms with Gasteiger partial charge in [0.25, 0.3) is 0 Å². The maximum atomic E-state index is 11.4. The van der Waals surface area contributed by atoms with E-state index in [1.807, 2.05) is 0 Å². The lowest BCUT2D eigenvalue weighted by molar-refractivity contribution is -0.255. The van der Waals surface area contributed by atoms with Gasteiger partial charge in [-0.1, -0.05) is 0 Å². The van der Waals surface area contributed by atoms with Crippen molar-refractivity contribution in [1.82, 2.24) is 0 Å². The van der Waals surface area contributed by atoms with E-state index in [2.05, 4.69) is 11.5 Å². The van der Waals surface area contributed by atoms with Gasteiger partial charge in [0.05, 0.1) is 9.79 Å². The molecule has 2 aromatic carbocycles. The van der Waals surface area contributed by atoms with Crippen LogP contribution in [0.3, 0.4) is 0 Å². The molecule has 0 unspecified atom stereocenters. The number of hydrogen-bond donors (Lipinski definition) is 2. The molecule has 6 N–H and O–H groups in total. The Morgan fingerprint density at radius 3 is 1.27 bits per heavy atom. The fourth-order valence-corrected chi connectivity index (χ4v) is 3.48. The molecule has 118 valence electrons. The highest BCUT2D eigenvalue weighted by Crippen LogP contribution is 2.34. The molecule has 0 fully saturated rings. The van der Waals surface area contributed by atoms with Crippen LogP contribution in [0.4, 0.5) is 11.4 Å². The van der Waals surface area contributed by atoms with Gasteiger partial charge in [0.15, 0.2) is 0 Å². The molecule has 22 heavy (non-hydrogen) atoms. The zero-order chi connectivity index (χ0) is 16.7. The van der Waals surface area contributed by atoms with Crippen LogP contribution in [0.2, 0.25) is 0 Å². The zero-order valence-corrected chi connectivity index (χ0v) is 12.8. The van der Waals surface area contributed by atoms with Gasteiger partial charge in [-0.2, -0.15) is 0 Å². The average Bonchev–Trinajstić information content (AvgIpc) is 2.37. The first-order valence-electron chi connectivity index (χ1n) is 5.84. The van der Waals surface area contributed by atoms with E-state index in [1.54, 1.807) is 0 Å². The lowest BCUT2D eigenvalue weighted by atomic mass is 10.0. The highest BCUT2D eigenvalue weighted by atomic mass is 32.2. The Hall–Kier alpha value is -1.82. The van der Waals surface area contributed by atoms with Crippen LogP contribution in [-0.4, -0.2) is 25.9 Å². The van der Waals surface area contributed by atoms with Gasteiger partial charge in [0, 0.05) is 23.3 Å². The van der Waals surface area contributed by atoms with E-state index >= 15 is 0 Å². The minimum Gasteiger partial charge on any atom is -0.744 e. The maximum Gasteiger partial charge on any atom is 0.129 e. The molecule has 10 heteroatoms. The molecular formula is C12H12N2O6S2. The van der Waals surface area contributed by atoms with Crippen LogP contribution >= 0.6 is 0 Å². The van der Waals surface area contributed by atoms with Gasteiger partial charge in [0.2, 0.25) is 0 Å². The van der Waals surface area contributed by atoms with Gasteiger partial charge >= 0.3 is 0 Å². The lowest BCUT2D eigenvalue weighted by Gasteiger charge is -2.17. The number of benzene rings is 2. The smallest absolute Gasteiger partial charge is 0.129 e. The fourth-order valence-electron chi connectivity index (χ4n) is 1.99. The van der Waals surface area contributed by atoms with Crippen molar-refractivity contribution < 1.29 is 37.4 Å². The third kappa shape index (κ3) is 3.32. The van der Waals surface area contributed by atoms with Crippen molar-refractivity contribution in [2.45, 2.75) is 9.79 Å². The Balaban J connectivity index is 2.90. The third-order valence-electron chi connectivity index (χ3n) is 2.92. The third-order valence-corrected chi connectivity index (χ3v) is 4.67. The summed E-state index contributed by atoms with van der Waals surface area (Å²) in [6, 6.07) is 7.33. The summed E-state index contributed by atoms with van der Waals surface area (Å²) < 4.78 is 68.3. The summed E-state index contributed by atoms with van der Waals surface area (Å²) in [5.74, 6) is 0. The van der Waals surface area contributed by atoms with E-state index in [1.165, 1.54) is 24.3 Å². The van der Waals surface area contributed by atoms with E-state index in [0.717, 1.165) is 12.1 Å². The molecule has 2 aromatic rings. The van der Waals surface area contributed by atoms with E-state index in [9.17, 15) is 25.9 Å². The summed E-state index contributed by atoms with van der Waals surface area (Å²) in [6.45, 7) is 0. The molecule has 0 radical (unpaired) electrons. The average molecular weight is 344 g/mol. The fraction of sp³-hybridized carbons (Fsp3) is 0. The van der Waals surface area contributed by atoms with Crippen LogP contribution in [0.1, 0.15) is 0 Å². The standard InChI is InChI=1S/C12H12N2O6S2/c13-7-1-3-9(11(5-7)21(15,16)17)10-4-2-8(14)6-12(10)22(18,19)20/h1-6H,13-14H2,(H,15,16,17)(H,18,19,20). The molecule has 0 atom stereocenters. The van der Waals surface area contributed by atoms with E-state index in [-0.39, 0.29) is 22.5 Å². The first-order chi connectivity index (χ1) is 10.00. The van der Waals surface area contributed by atoms with E-state index in [4.69, 9.17) is 0 Å². The molecule has 0 aromatic heterocycles. The van der Waals surface area contributed by atoms with Crippen molar-refractivity contribution in [3.63, 3.8) is 0 Å². The van der Waals surface area contributed by atoms with Crippen molar-refractivity contribution in [1.29, 1.82) is 0 Å². The van der Waals surface area contributed by atoms with Crippen LogP contribution in [-0.2, 0) is 20.2 Å². The first kappa shape index (κ1) is 16.5. The zero-order valence-electron chi connectivity index (χ0n) is 11.1. The summed E-state index contributed by atoms with van der Waals surface area (Å²) in [5, 5.41) is 0. The second-order valence-electron chi connectivity index (χ2n) is 4.57. The summed E-state index contributed by atoms with van der Waals surface area (Å²) in [4.78, 5) is -1.27. The van der Waals surface area contributed by atoms with Crippen molar-refractivity contribution in [3.05, 3.63) is 36.4 Å². The highest BCUT2D eigenvalue weighted by molar-refractivity contribution is 7.86. The van der Waals surface area contributed by atoms with Crippen LogP contribution in [0.5, 0.6) is 0 Å². The first-order valence-corrected chi connectivity index (χ1v) is 8.66. The number of hydrogen-bond acceptors (Lipinski definition) is 6. The van der Waals surface area contributed by atoms with Crippen LogP contribution in [0, 0.1) is 0 Å². The summed E-state index contributed by atoms with van der Waals surface area (Å²) in [5.41, 5.74) is 7.23. The van der Waals surface area contributed by atoms with E-state index in [0.29, 0.717) is 0 Å². The molecule has 0 saturated carbocycles. The maximum absolute atomic E-state index is 11.4. The predicted octanol–water partition coefficient (Wildman–Crippen LogP) is -1.09. The van der Waals surface area contributed by atoms with Crippen LogP contribution in [0.25, 0.3) is 11.1 Å². The SMILES string of the molecule is [NH3+]c1ccc(-c2ccc([NH3+])cc2S(=O)(=O)[O-])c(S(=O)(=O)[O-])c1. The molecular weight excluding hydrogens is 332 g/mol. The Bertz CT molecular complexity index is 872. The molecule has 0 amide bonds. The van der Waals surface area contributed by atoms with Crippen molar-refractivity contribution >= 4 is 31.6 Å². The molecule has 0 saturated heterocycles. The van der Waals surface area contributed by atoms with Crippen LogP contribution < -0.4 is 11.5 Å². The molecule has 2 rings (SSSR count). The van der Waals surface area contributed by atoms with Gasteiger partial charge in [-0.25, -0.2) is 16.8 Å². The van der Waals surface area contributed by atoms with Gasteiger partial charge in [-0.3, -0.25) is 0 Å². The van der Waals surface area contributed by atoms with Crippen LogP contribution in [0.15, 0.2) is 46.2 Å². The van der Waals surface area contributed by atoms with Gasteiger partial charge in [0.1, 0.15) is 31.6 Å². The van der Waals surface area contributed by atoms with Crippen molar-refractivity contribution in [2.24, 2.45) is 0 Å². The Labute approximate surface area is 126 Å². The molecule has 0 bridgehead atoms. The molecule has 8 nitrogen and oxygen atoms in total. The van der Waals surface area contributed by atoms with E-state index < -0.39 is 30.0 Å². The highest BCUT2D eigenvalue weighted by Gasteiger charge is 2.18. The summed E-state index contributed by atoms with van der Waals surface area (Å²) >= 11 is 0. The number of rotatable bonds is 3. The van der Waals surface area contributed by atoms with Gasteiger partial charge in [-0.05, 0) is 24.3 Å². The predicted molar refractivity (Wildman–Crippen MR) is 72.9 cm³/mol. The minimum absolute atomic E-state index is 0.170. The normalized spacial score (nSPS) is 12.4. The second-order valence-corrected chi connectivity index (χ2v) is 7.27. The summed E-state index contributed by atoms with van der Waals surface area (Å²) in [6.07, 6.45) is 0. The Morgan fingerprint density at radius 2 is 1.00 bits per heavy atom. The Kier molecular flexibility index (Phi) is 4.08. The second kappa shape index (κ2) is 5.43. The van der Waals surface area contributed by atoms with Crippen molar-refractivity contribution in [2.75, 3.05) is 0 Å². The monoisotopic (exact) mass is 344 g/mol. The minimum atomic E-state index is -4.88. The molecule has 0 spiro atoms. The molecule has 0 aliphatic rings. The molecule has 0 aliphatic carbocycles. The lowest BCUT2D eigenvalue weighted by Crippen LogP contribution is -2.40. The van der Waals surface area contributed by atoms with Crippen molar-refractivity contribution in [3.8, 4) is 11.1 Å². The topological polar surface area (TPSA) is 170 Å². The van der Waals surface area contributed by atoms with Gasteiger partial charge in [-0.15, -0.1) is 0 Å². The summed E-state index contributed by atoms with van der Waals surface area (Å²) in [7, 11) is -9.76. The largest absolute Gasteiger partial charge is 0.744 e. The Morgan fingerprint density at radius 1 is 0.682 bits per heavy atom. The number of quaternary nitrogens is 2.